The van der Waals surface area contributed by atoms with Crippen molar-refractivity contribution in [2.75, 3.05) is 0 Å². The van der Waals surface area contributed by atoms with Gasteiger partial charge in [-0.25, -0.2) is 0 Å². The average Bonchev–Trinajstić information content (AvgIpc) is 2.59. The summed E-state index contributed by atoms with van der Waals surface area (Å²) in [6.07, 6.45) is 5.04. The van der Waals surface area contributed by atoms with Gasteiger partial charge in [-0.2, -0.15) is 0 Å². The average molecular weight is 204 g/mol. The van der Waals surface area contributed by atoms with Crippen molar-refractivity contribution in [2.24, 2.45) is 0 Å². The van der Waals surface area contributed by atoms with Crippen molar-refractivity contribution >= 4 is 23.3 Å². The minimum atomic E-state index is 0.735. The van der Waals surface area contributed by atoms with Crippen LogP contribution in [0.4, 0.5) is 0 Å². The number of benzene rings is 1. The SMILES string of the molecule is S=c1[nH]c2ccc3c(c2[nH]1)CCCC3. The molecule has 72 valence electrons. The van der Waals surface area contributed by atoms with Gasteiger partial charge in [0, 0.05) is 0 Å². The van der Waals surface area contributed by atoms with Gasteiger partial charge in [0.15, 0.2) is 4.77 Å². The maximum atomic E-state index is 5.11. The summed E-state index contributed by atoms with van der Waals surface area (Å²) in [4.78, 5) is 6.41. The van der Waals surface area contributed by atoms with Gasteiger partial charge >= 0.3 is 0 Å². The fourth-order valence-corrected chi connectivity index (χ4v) is 2.55. The molecule has 0 atom stereocenters. The summed E-state index contributed by atoms with van der Waals surface area (Å²) in [5.41, 5.74) is 5.35. The quantitative estimate of drug-likeness (QED) is 0.635. The molecule has 0 unspecified atom stereocenters. The summed E-state index contributed by atoms with van der Waals surface area (Å²) in [6, 6.07) is 4.36. The summed E-state index contributed by atoms with van der Waals surface area (Å²) in [5.74, 6) is 0. The van der Waals surface area contributed by atoms with Gasteiger partial charge in [-0.1, -0.05) is 6.07 Å². The van der Waals surface area contributed by atoms with Crippen molar-refractivity contribution in [3.63, 3.8) is 0 Å². The highest BCUT2D eigenvalue weighted by molar-refractivity contribution is 7.71. The number of nitrogens with one attached hydrogen (secondary N) is 2. The van der Waals surface area contributed by atoms with Crippen LogP contribution in [0, 0.1) is 4.77 Å². The molecular formula is C11H12N2S. The number of imidazole rings is 1. The summed E-state index contributed by atoms with van der Waals surface area (Å²) in [7, 11) is 0. The summed E-state index contributed by atoms with van der Waals surface area (Å²) < 4.78 is 0.735. The van der Waals surface area contributed by atoms with E-state index in [1.807, 2.05) is 0 Å². The first-order valence-electron chi connectivity index (χ1n) is 5.07. The van der Waals surface area contributed by atoms with E-state index in [0.29, 0.717) is 0 Å². The molecule has 2 nitrogen and oxygen atoms in total. The Labute approximate surface area is 87.4 Å². The molecule has 14 heavy (non-hydrogen) atoms. The first-order valence-corrected chi connectivity index (χ1v) is 5.48. The molecule has 0 aliphatic heterocycles. The molecule has 0 spiro atoms. The molecule has 0 bridgehead atoms. The molecule has 2 aromatic rings. The molecule has 2 N–H and O–H groups in total. The number of aryl methyl sites for hydroxylation is 2. The van der Waals surface area contributed by atoms with Gasteiger partial charge < -0.3 is 9.97 Å². The molecule has 1 aliphatic rings. The van der Waals surface area contributed by atoms with E-state index in [4.69, 9.17) is 12.2 Å². The van der Waals surface area contributed by atoms with Crippen LogP contribution in [0.2, 0.25) is 0 Å². The van der Waals surface area contributed by atoms with Crippen LogP contribution in [0.15, 0.2) is 12.1 Å². The molecule has 0 amide bonds. The maximum absolute atomic E-state index is 5.11. The first kappa shape index (κ1) is 8.24. The predicted molar refractivity (Wildman–Crippen MR) is 60.1 cm³/mol. The zero-order chi connectivity index (χ0) is 9.54. The molecule has 1 aromatic heterocycles. The lowest BCUT2D eigenvalue weighted by Gasteiger charge is -2.15. The fraction of sp³-hybridized carbons (Fsp3) is 0.364. The van der Waals surface area contributed by atoms with Gasteiger partial charge in [-0.05, 0) is 55.1 Å². The normalized spacial score (nSPS) is 15.7. The Kier molecular flexibility index (Phi) is 1.74. The van der Waals surface area contributed by atoms with E-state index >= 15 is 0 Å². The largest absolute Gasteiger partial charge is 0.331 e. The van der Waals surface area contributed by atoms with Crippen molar-refractivity contribution in [3.8, 4) is 0 Å². The Morgan fingerprint density at radius 2 is 1.93 bits per heavy atom. The number of rotatable bonds is 0. The van der Waals surface area contributed by atoms with Crippen LogP contribution >= 0.6 is 12.2 Å². The lowest BCUT2D eigenvalue weighted by molar-refractivity contribution is 0.689. The summed E-state index contributed by atoms with van der Waals surface area (Å²) in [6.45, 7) is 0. The summed E-state index contributed by atoms with van der Waals surface area (Å²) in [5, 5.41) is 0. The maximum Gasteiger partial charge on any atom is 0.175 e. The van der Waals surface area contributed by atoms with E-state index in [1.165, 1.54) is 42.3 Å². The lowest BCUT2D eigenvalue weighted by Crippen LogP contribution is -2.02. The second-order valence-corrected chi connectivity index (χ2v) is 4.32. The van der Waals surface area contributed by atoms with Crippen LogP contribution in [-0.4, -0.2) is 9.97 Å². The highest BCUT2D eigenvalue weighted by Crippen LogP contribution is 2.27. The molecule has 0 saturated carbocycles. The number of aromatic amines is 2. The first-order chi connectivity index (χ1) is 6.84. The van der Waals surface area contributed by atoms with E-state index in [2.05, 4.69) is 22.1 Å². The second-order valence-electron chi connectivity index (χ2n) is 3.91. The molecule has 0 radical (unpaired) electrons. The van der Waals surface area contributed by atoms with Crippen molar-refractivity contribution in [3.05, 3.63) is 28.0 Å². The van der Waals surface area contributed by atoms with Gasteiger partial charge in [0.2, 0.25) is 0 Å². The zero-order valence-electron chi connectivity index (χ0n) is 7.89. The van der Waals surface area contributed by atoms with E-state index in [-0.39, 0.29) is 0 Å². The summed E-state index contributed by atoms with van der Waals surface area (Å²) >= 11 is 5.11. The third-order valence-corrected chi connectivity index (χ3v) is 3.22. The molecule has 0 saturated heterocycles. The van der Waals surface area contributed by atoms with E-state index in [1.54, 1.807) is 0 Å². The van der Waals surface area contributed by atoms with Crippen molar-refractivity contribution in [1.29, 1.82) is 0 Å². The van der Waals surface area contributed by atoms with Gasteiger partial charge in [0.05, 0.1) is 11.0 Å². The Bertz CT molecular complexity index is 536. The van der Waals surface area contributed by atoms with Crippen molar-refractivity contribution in [1.82, 2.24) is 9.97 Å². The lowest BCUT2D eigenvalue weighted by atomic mass is 9.91. The third kappa shape index (κ3) is 1.12. The molecule has 1 aliphatic carbocycles. The van der Waals surface area contributed by atoms with Crippen molar-refractivity contribution < 1.29 is 0 Å². The second kappa shape index (κ2) is 2.95. The van der Waals surface area contributed by atoms with Gasteiger partial charge in [-0.3, -0.25) is 0 Å². The topological polar surface area (TPSA) is 31.6 Å². The molecule has 3 heteroatoms. The van der Waals surface area contributed by atoms with Crippen LogP contribution < -0.4 is 0 Å². The van der Waals surface area contributed by atoms with Crippen LogP contribution in [0.5, 0.6) is 0 Å². The predicted octanol–water partition coefficient (Wildman–Crippen LogP) is 3.10. The Morgan fingerprint density at radius 3 is 2.86 bits per heavy atom. The molecule has 1 aromatic carbocycles. The molecular weight excluding hydrogens is 192 g/mol. The smallest absolute Gasteiger partial charge is 0.175 e. The highest BCUT2D eigenvalue weighted by atomic mass is 32.1. The van der Waals surface area contributed by atoms with Gasteiger partial charge in [-0.15, -0.1) is 0 Å². The number of hydrogen-bond acceptors (Lipinski definition) is 1. The Morgan fingerprint density at radius 1 is 1.07 bits per heavy atom. The number of H-pyrrole nitrogens is 2. The monoisotopic (exact) mass is 204 g/mol. The molecule has 3 rings (SSSR count). The number of aromatic nitrogens is 2. The van der Waals surface area contributed by atoms with Crippen LogP contribution in [0.25, 0.3) is 11.0 Å². The molecule has 0 fully saturated rings. The van der Waals surface area contributed by atoms with E-state index < -0.39 is 0 Å². The van der Waals surface area contributed by atoms with E-state index in [0.717, 1.165) is 10.3 Å². The number of hydrogen-bond donors (Lipinski definition) is 2. The van der Waals surface area contributed by atoms with Crippen molar-refractivity contribution in [2.45, 2.75) is 25.7 Å². The third-order valence-electron chi connectivity index (χ3n) is 3.02. The van der Waals surface area contributed by atoms with Crippen LogP contribution in [0.1, 0.15) is 24.0 Å². The minimum Gasteiger partial charge on any atom is -0.331 e. The van der Waals surface area contributed by atoms with Gasteiger partial charge in [0.25, 0.3) is 0 Å². The highest BCUT2D eigenvalue weighted by Gasteiger charge is 2.12. The Balaban J connectivity index is 2.39. The zero-order valence-corrected chi connectivity index (χ0v) is 8.71. The van der Waals surface area contributed by atoms with Crippen LogP contribution in [-0.2, 0) is 12.8 Å². The fourth-order valence-electron chi connectivity index (χ4n) is 2.34. The standard InChI is InChI=1S/C11H12N2S/c14-11-12-9-6-5-7-3-1-2-4-8(7)10(9)13-11/h5-6H,1-4H2,(H2,12,13,14). The number of fused-ring (bicyclic) bond motifs is 3. The minimum absolute atomic E-state index is 0.735. The van der Waals surface area contributed by atoms with E-state index in [9.17, 15) is 0 Å². The van der Waals surface area contributed by atoms with Crippen LogP contribution in [0.3, 0.4) is 0 Å². The van der Waals surface area contributed by atoms with Gasteiger partial charge in [0.1, 0.15) is 0 Å². The molecule has 1 heterocycles. The Hall–Kier alpha value is -1.09.